The van der Waals surface area contributed by atoms with Crippen LogP contribution in [0.2, 0.25) is 0 Å². The van der Waals surface area contributed by atoms with Gasteiger partial charge in [0.15, 0.2) is 0 Å². The summed E-state index contributed by atoms with van der Waals surface area (Å²) in [5.74, 6) is 0. The van der Waals surface area contributed by atoms with Crippen LogP contribution in [0.4, 0.5) is 5.69 Å². The number of aryl methyl sites for hydroxylation is 1. The van der Waals surface area contributed by atoms with Crippen molar-refractivity contribution < 1.29 is 4.74 Å². The van der Waals surface area contributed by atoms with Gasteiger partial charge >= 0.3 is 0 Å². The lowest BCUT2D eigenvalue weighted by molar-refractivity contribution is -0.0337. The maximum Gasteiger partial charge on any atom is 0.0603 e. The van der Waals surface area contributed by atoms with Crippen LogP contribution in [0.15, 0.2) is 18.3 Å². The largest absolute Gasteiger partial charge is 0.381 e. The second kappa shape index (κ2) is 4.83. The molecule has 0 spiro atoms. The molecule has 0 saturated carbocycles. The molecule has 0 radical (unpaired) electrons. The Morgan fingerprint density at radius 2 is 2.00 bits per heavy atom. The maximum absolute atomic E-state index is 5.73. The van der Waals surface area contributed by atoms with Crippen LogP contribution in [0.1, 0.15) is 32.4 Å². The van der Waals surface area contributed by atoms with Crippen molar-refractivity contribution in [3.8, 4) is 0 Å². The first-order valence-electron chi connectivity index (χ1n) is 5.98. The Morgan fingerprint density at radius 1 is 1.31 bits per heavy atom. The fraction of sp³-hybridized carbons (Fsp3) is 0.615. The fourth-order valence-corrected chi connectivity index (χ4v) is 2.38. The van der Waals surface area contributed by atoms with Crippen molar-refractivity contribution in [3.05, 3.63) is 24.0 Å². The molecule has 1 N–H and O–H groups in total. The molecule has 2 heterocycles. The minimum Gasteiger partial charge on any atom is -0.381 e. The average molecular weight is 220 g/mol. The predicted octanol–water partition coefficient (Wildman–Crippen LogP) is 2.76. The first-order valence-corrected chi connectivity index (χ1v) is 5.98. The molecule has 1 saturated heterocycles. The molecule has 1 aliphatic rings. The number of hydrogen-bond donors (Lipinski definition) is 1. The Kier molecular flexibility index (Phi) is 3.44. The van der Waals surface area contributed by atoms with E-state index in [9.17, 15) is 0 Å². The van der Waals surface area contributed by atoms with E-state index in [1.807, 2.05) is 19.2 Å². The molecule has 1 aromatic rings. The number of hydrogen-bond acceptors (Lipinski definition) is 3. The number of anilines is 1. The molecule has 2 atom stereocenters. The highest BCUT2D eigenvalue weighted by Gasteiger charge is 2.24. The molecule has 3 heteroatoms. The lowest BCUT2D eigenvalue weighted by Gasteiger charge is -2.33. The van der Waals surface area contributed by atoms with Crippen LogP contribution in [0.5, 0.6) is 0 Å². The molecule has 1 aliphatic heterocycles. The Bertz CT molecular complexity index is 344. The lowest BCUT2D eigenvalue weighted by Crippen LogP contribution is -2.37. The summed E-state index contributed by atoms with van der Waals surface area (Å²) in [6, 6.07) is 4.57. The molecule has 0 aromatic carbocycles. The quantitative estimate of drug-likeness (QED) is 0.832. The van der Waals surface area contributed by atoms with Gasteiger partial charge in [-0.1, -0.05) is 0 Å². The summed E-state index contributed by atoms with van der Waals surface area (Å²) in [6.45, 7) is 6.31. The van der Waals surface area contributed by atoms with Crippen molar-refractivity contribution in [2.75, 3.05) is 5.32 Å². The van der Waals surface area contributed by atoms with Gasteiger partial charge in [-0.25, -0.2) is 0 Å². The molecule has 1 aromatic heterocycles. The van der Waals surface area contributed by atoms with Gasteiger partial charge in [-0.05, 0) is 45.7 Å². The van der Waals surface area contributed by atoms with Gasteiger partial charge in [-0.15, -0.1) is 0 Å². The molecule has 0 bridgehead atoms. The summed E-state index contributed by atoms with van der Waals surface area (Å²) >= 11 is 0. The van der Waals surface area contributed by atoms with E-state index in [2.05, 4.69) is 30.2 Å². The minimum atomic E-state index is 0.346. The summed E-state index contributed by atoms with van der Waals surface area (Å²) in [7, 11) is 0. The van der Waals surface area contributed by atoms with E-state index in [1.165, 1.54) is 0 Å². The second-order valence-electron chi connectivity index (χ2n) is 4.71. The second-order valence-corrected chi connectivity index (χ2v) is 4.71. The van der Waals surface area contributed by atoms with Crippen molar-refractivity contribution in [1.29, 1.82) is 0 Å². The molecule has 0 aliphatic carbocycles. The van der Waals surface area contributed by atoms with Crippen LogP contribution in [-0.4, -0.2) is 23.2 Å². The molecule has 0 amide bonds. The van der Waals surface area contributed by atoms with E-state index in [0.717, 1.165) is 24.2 Å². The number of nitrogens with one attached hydrogen (secondary N) is 1. The minimum absolute atomic E-state index is 0.346. The third-order valence-corrected chi connectivity index (χ3v) is 3.06. The zero-order chi connectivity index (χ0) is 11.5. The van der Waals surface area contributed by atoms with Crippen LogP contribution < -0.4 is 5.32 Å². The van der Waals surface area contributed by atoms with Gasteiger partial charge in [0, 0.05) is 12.2 Å². The number of ether oxygens (including phenoxy) is 1. The van der Waals surface area contributed by atoms with Gasteiger partial charge < -0.3 is 10.1 Å². The standard InChI is InChI=1S/C13H20N2O/c1-9-7-12(8-10(2)16-9)15-13-5-4-6-14-11(13)3/h4-6,9-10,12,15H,7-8H2,1-3H3. The highest BCUT2D eigenvalue weighted by Crippen LogP contribution is 2.23. The van der Waals surface area contributed by atoms with Gasteiger partial charge in [0.05, 0.1) is 23.6 Å². The topological polar surface area (TPSA) is 34.2 Å². The maximum atomic E-state index is 5.73. The number of rotatable bonds is 2. The van der Waals surface area contributed by atoms with Gasteiger partial charge in [0.25, 0.3) is 0 Å². The zero-order valence-electron chi connectivity index (χ0n) is 10.2. The molecule has 88 valence electrons. The highest BCUT2D eigenvalue weighted by atomic mass is 16.5. The van der Waals surface area contributed by atoms with E-state index in [4.69, 9.17) is 4.74 Å². The van der Waals surface area contributed by atoms with Crippen LogP contribution in [0, 0.1) is 6.92 Å². The van der Waals surface area contributed by atoms with Gasteiger partial charge in [-0.2, -0.15) is 0 Å². The third kappa shape index (κ3) is 2.73. The summed E-state index contributed by atoms with van der Waals surface area (Å²) in [6.07, 6.45) is 4.66. The summed E-state index contributed by atoms with van der Waals surface area (Å²) in [5, 5.41) is 3.57. The van der Waals surface area contributed by atoms with Crippen molar-refractivity contribution in [2.24, 2.45) is 0 Å². The number of aromatic nitrogens is 1. The third-order valence-electron chi connectivity index (χ3n) is 3.06. The van der Waals surface area contributed by atoms with Crippen LogP contribution in [0.3, 0.4) is 0 Å². The molecular weight excluding hydrogens is 200 g/mol. The SMILES string of the molecule is Cc1ncccc1NC1CC(C)OC(C)C1. The molecule has 1 fully saturated rings. The van der Waals surface area contributed by atoms with E-state index in [-0.39, 0.29) is 0 Å². The van der Waals surface area contributed by atoms with Crippen molar-refractivity contribution in [2.45, 2.75) is 51.9 Å². The lowest BCUT2D eigenvalue weighted by atomic mass is 9.99. The Balaban J connectivity index is 2.02. The Morgan fingerprint density at radius 3 is 2.62 bits per heavy atom. The van der Waals surface area contributed by atoms with E-state index in [0.29, 0.717) is 18.2 Å². The summed E-state index contributed by atoms with van der Waals surface area (Å²) in [5.41, 5.74) is 2.21. The predicted molar refractivity (Wildman–Crippen MR) is 65.6 cm³/mol. The Hall–Kier alpha value is -1.09. The number of pyridine rings is 1. The first-order chi connectivity index (χ1) is 7.65. The monoisotopic (exact) mass is 220 g/mol. The van der Waals surface area contributed by atoms with Gasteiger partial charge in [-0.3, -0.25) is 4.98 Å². The molecule has 2 unspecified atom stereocenters. The molecule has 16 heavy (non-hydrogen) atoms. The van der Waals surface area contributed by atoms with Crippen molar-refractivity contribution >= 4 is 5.69 Å². The fourth-order valence-electron chi connectivity index (χ4n) is 2.38. The molecular formula is C13H20N2O. The normalized spacial score (nSPS) is 30.1. The van der Waals surface area contributed by atoms with E-state index < -0.39 is 0 Å². The van der Waals surface area contributed by atoms with Crippen LogP contribution in [-0.2, 0) is 4.74 Å². The molecule has 2 rings (SSSR count). The van der Waals surface area contributed by atoms with Crippen molar-refractivity contribution in [1.82, 2.24) is 4.98 Å². The van der Waals surface area contributed by atoms with Crippen LogP contribution >= 0.6 is 0 Å². The number of nitrogens with zero attached hydrogens (tertiary/aromatic N) is 1. The van der Waals surface area contributed by atoms with Crippen LogP contribution in [0.25, 0.3) is 0 Å². The van der Waals surface area contributed by atoms with Gasteiger partial charge in [0.2, 0.25) is 0 Å². The van der Waals surface area contributed by atoms with E-state index >= 15 is 0 Å². The molecule has 3 nitrogen and oxygen atoms in total. The smallest absolute Gasteiger partial charge is 0.0603 e. The average Bonchev–Trinajstić information content (AvgIpc) is 2.20. The van der Waals surface area contributed by atoms with Crippen molar-refractivity contribution in [3.63, 3.8) is 0 Å². The van der Waals surface area contributed by atoms with Gasteiger partial charge in [0.1, 0.15) is 0 Å². The zero-order valence-corrected chi connectivity index (χ0v) is 10.2. The highest BCUT2D eigenvalue weighted by molar-refractivity contribution is 5.47. The van der Waals surface area contributed by atoms with E-state index in [1.54, 1.807) is 0 Å². The summed E-state index contributed by atoms with van der Waals surface area (Å²) in [4.78, 5) is 4.29. The first kappa shape index (κ1) is 11.4. The Labute approximate surface area is 97.2 Å². The summed E-state index contributed by atoms with van der Waals surface area (Å²) < 4.78 is 5.73.